The van der Waals surface area contributed by atoms with Gasteiger partial charge in [-0.3, -0.25) is 9.78 Å². The summed E-state index contributed by atoms with van der Waals surface area (Å²) in [5, 5.41) is 4.96. The van der Waals surface area contributed by atoms with Crippen LogP contribution in [-0.4, -0.2) is 20.4 Å². The highest BCUT2D eigenvalue weighted by Crippen LogP contribution is 2.20. The van der Waals surface area contributed by atoms with Gasteiger partial charge >= 0.3 is 0 Å². The van der Waals surface area contributed by atoms with Gasteiger partial charge in [0.15, 0.2) is 0 Å². The largest absolute Gasteiger partial charge is 0.288 e. The normalized spacial score (nSPS) is 10.9. The van der Waals surface area contributed by atoms with Crippen LogP contribution in [0.4, 0.5) is 0 Å². The van der Waals surface area contributed by atoms with Gasteiger partial charge in [-0.1, -0.05) is 17.5 Å². The lowest BCUT2D eigenvalue weighted by atomic mass is 10.0. The maximum Gasteiger partial charge on any atom is 0.206 e. The van der Waals surface area contributed by atoms with Gasteiger partial charge in [0.2, 0.25) is 5.78 Å². The summed E-state index contributed by atoms with van der Waals surface area (Å²) in [6.45, 7) is 3.93. The molecule has 0 radical (unpaired) electrons. The van der Waals surface area contributed by atoms with Gasteiger partial charge in [-0.05, 0) is 49.1 Å². The molecule has 4 nitrogen and oxygen atoms in total. The van der Waals surface area contributed by atoms with Crippen LogP contribution >= 0.6 is 11.5 Å². The number of ketones is 1. The molecule has 0 N–H and O–H groups in total. The molecule has 0 fully saturated rings. The standard InChI is InChI=1S/C15H13N3OS/c1-3-12-15(20-18-17-12)14(19)11-6-7-13-10(8-11)5-4-9(2)16-13/h4-8H,3H2,1-2H3. The lowest BCUT2D eigenvalue weighted by Crippen LogP contribution is -2.02. The summed E-state index contributed by atoms with van der Waals surface area (Å²) in [5.41, 5.74) is 3.29. The maximum atomic E-state index is 12.5. The van der Waals surface area contributed by atoms with Gasteiger partial charge in [0.25, 0.3) is 0 Å². The van der Waals surface area contributed by atoms with Crippen molar-refractivity contribution in [3.8, 4) is 0 Å². The molecule has 0 unspecified atom stereocenters. The molecular weight excluding hydrogens is 270 g/mol. The monoisotopic (exact) mass is 283 g/mol. The summed E-state index contributed by atoms with van der Waals surface area (Å²) >= 11 is 1.16. The van der Waals surface area contributed by atoms with Crippen LogP contribution in [-0.2, 0) is 6.42 Å². The van der Waals surface area contributed by atoms with Crippen LogP contribution in [0.3, 0.4) is 0 Å². The Bertz CT molecular complexity index is 795. The molecule has 1 aromatic carbocycles. The van der Waals surface area contributed by atoms with Crippen molar-refractivity contribution >= 4 is 28.2 Å². The van der Waals surface area contributed by atoms with Crippen LogP contribution in [0.15, 0.2) is 30.3 Å². The molecule has 20 heavy (non-hydrogen) atoms. The van der Waals surface area contributed by atoms with Crippen molar-refractivity contribution < 1.29 is 4.79 Å². The van der Waals surface area contributed by atoms with Gasteiger partial charge in [0.1, 0.15) is 4.88 Å². The zero-order chi connectivity index (χ0) is 14.1. The highest BCUT2D eigenvalue weighted by molar-refractivity contribution is 7.08. The second-order valence-electron chi connectivity index (χ2n) is 4.59. The third-order valence-corrected chi connectivity index (χ3v) is 3.95. The Balaban J connectivity index is 2.06. The Labute approximate surface area is 120 Å². The van der Waals surface area contributed by atoms with Crippen molar-refractivity contribution in [2.75, 3.05) is 0 Å². The van der Waals surface area contributed by atoms with E-state index in [0.29, 0.717) is 16.9 Å². The highest BCUT2D eigenvalue weighted by Gasteiger charge is 2.17. The highest BCUT2D eigenvalue weighted by atomic mass is 32.1. The van der Waals surface area contributed by atoms with Gasteiger partial charge in [-0.15, -0.1) is 5.10 Å². The molecule has 0 aliphatic carbocycles. The number of carbonyl (C=O) groups is 1. The summed E-state index contributed by atoms with van der Waals surface area (Å²) in [7, 11) is 0. The fraction of sp³-hybridized carbons (Fsp3) is 0.200. The number of aryl methyl sites for hydroxylation is 2. The van der Waals surface area contributed by atoms with E-state index < -0.39 is 0 Å². The van der Waals surface area contributed by atoms with E-state index in [1.54, 1.807) is 0 Å². The van der Waals surface area contributed by atoms with Crippen molar-refractivity contribution in [2.24, 2.45) is 0 Å². The molecule has 5 heteroatoms. The minimum absolute atomic E-state index is 0.0145. The van der Waals surface area contributed by atoms with Crippen LogP contribution in [0, 0.1) is 6.92 Å². The van der Waals surface area contributed by atoms with E-state index in [-0.39, 0.29) is 5.78 Å². The first-order chi connectivity index (χ1) is 9.69. The van der Waals surface area contributed by atoms with Crippen molar-refractivity contribution in [3.05, 3.63) is 52.2 Å². The fourth-order valence-corrected chi connectivity index (χ4v) is 2.82. The number of nitrogens with zero attached hydrogens (tertiary/aromatic N) is 3. The number of benzene rings is 1. The van der Waals surface area contributed by atoms with E-state index in [9.17, 15) is 4.79 Å². The van der Waals surface area contributed by atoms with Gasteiger partial charge in [0.05, 0.1) is 11.2 Å². The van der Waals surface area contributed by atoms with Crippen LogP contribution in [0.2, 0.25) is 0 Å². The number of aromatic nitrogens is 3. The molecule has 0 aliphatic rings. The second kappa shape index (κ2) is 5.09. The van der Waals surface area contributed by atoms with Crippen molar-refractivity contribution in [2.45, 2.75) is 20.3 Å². The first-order valence-electron chi connectivity index (χ1n) is 6.42. The zero-order valence-electron chi connectivity index (χ0n) is 11.3. The van der Waals surface area contributed by atoms with E-state index in [1.807, 2.05) is 44.2 Å². The molecular formula is C15H13N3OS. The first-order valence-corrected chi connectivity index (χ1v) is 7.19. The van der Waals surface area contributed by atoms with Crippen LogP contribution in [0.25, 0.3) is 10.9 Å². The smallest absolute Gasteiger partial charge is 0.206 e. The Morgan fingerprint density at radius 1 is 1.25 bits per heavy atom. The number of hydrogen-bond acceptors (Lipinski definition) is 5. The van der Waals surface area contributed by atoms with Gasteiger partial charge in [-0.2, -0.15) is 0 Å². The average Bonchev–Trinajstić information content (AvgIpc) is 2.94. The Morgan fingerprint density at radius 2 is 2.10 bits per heavy atom. The van der Waals surface area contributed by atoms with E-state index in [4.69, 9.17) is 0 Å². The summed E-state index contributed by atoms with van der Waals surface area (Å²) in [6.07, 6.45) is 0.714. The topological polar surface area (TPSA) is 55.7 Å². The van der Waals surface area contributed by atoms with E-state index in [1.165, 1.54) is 0 Å². The third kappa shape index (κ3) is 2.20. The van der Waals surface area contributed by atoms with Crippen molar-refractivity contribution in [1.82, 2.24) is 14.6 Å². The molecule has 0 bridgehead atoms. The second-order valence-corrected chi connectivity index (χ2v) is 5.35. The van der Waals surface area contributed by atoms with E-state index in [2.05, 4.69) is 14.6 Å². The summed E-state index contributed by atoms with van der Waals surface area (Å²) in [5.74, 6) is -0.0145. The molecule has 0 spiro atoms. The molecule has 0 amide bonds. The van der Waals surface area contributed by atoms with Crippen LogP contribution in [0.5, 0.6) is 0 Å². The van der Waals surface area contributed by atoms with Gasteiger partial charge in [-0.25, -0.2) is 0 Å². The first kappa shape index (κ1) is 12.9. The predicted molar refractivity (Wildman–Crippen MR) is 79.2 cm³/mol. The zero-order valence-corrected chi connectivity index (χ0v) is 12.1. The SMILES string of the molecule is CCc1nnsc1C(=O)c1ccc2nc(C)ccc2c1. The minimum Gasteiger partial charge on any atom is -0.288 e. The fourth-order valence-electron chi connectivity index (χ4n) is 2.11. The molecule has 0 saturated carbocycles. The Kier molecular flexibility index (Phi) is 3.28. The Morgan fingerprint density at radius 3 is 2.90 bits per heavy atom. The summed E-state index contributed by atoms with van der Waals surface area (Å²) < 4.78 is 3.87. The minimum atomic E-state index is -0.0145. The summed E-state index contributed by atoms with van der Waals surface area (Å²) in [4.78, 5) is 17.6. The number of carbonyl (C=O) groups excluding carboxylic acids is 1. The number of fused-ring (bicyclic) bond motifs is 1. The molecule has 2 aromatic heterocycles. The quantitative estimate of drug-likeness (QED) is 0.693. The number of rotatable bonds is 3. The van der Waals surface area contributed by atoms with Crippen LogP contribution in [0.1, 0.15) is 33.5 Å². The lowest BCUT2D eigenvalue weighted by Gasteiger charge is -2.03. The van der Waals surface area contributed by atoms with Crippen molar-refractivity contribution in [1.29, 1.82) is 0 Å². The van der Waals surface area contributed by atoms with E-state index >= 15 is 0 Å². The molecule has 3 rings (SSSR count). The molecule has 3 aromatic rings. The number of pyridine rings is 1. The van der Waals surface area contributed by atoms with Gasteiger partial charge in [0, 0.05) is 16.6 Å². The lowest BCUT2D eigenvalue weighted by molar-refractivity contribution is 0.104. The van der Waals surface area contributed by atoms with E-state index in [0.717, 1.165) is 33.8 Å². The average molecular weight is 283 g/mol. The molecule has 100 valence electrons. The van der Waals surface area contributed by atoms with Crippen molar-refractivity contribution in [3.63, 3.8) is 0 Å². The number of hydrogen-bond donors (Lipinski definition) is 0. The molecule has 2 heterocycles. The molecule has 0 saturated heterocycles. The van der Waals surface area contributed by atoms with Gasteiger partial charge < -0.3 is 0 Å². The Hall–Kier alpha value is -2.14. The van der Waals surface area contributed by atoms with Crippen LogP contribution < -0.4 is 0 Å². The molecule has 0 aliphatic heterocycles. The summed E-state index contributed by atoms with van der Waals surface area (Å²) in [6, 6.07) is 9.51. The third-order valence-electron chi connectivity index (χ3n) is 3.19. The maximum absolute atomic E-state index is 12.5. The molecule has 0 atom stereocenters. The predicted octanol–water partition coefficient (Wildman–Crippen LogP) is 3.19.